The van der Waals surface area contributed by atoms with Crippen molar-refractivity contribution < 1.29 is 14.3 Å². The van der Waals surface area contributed by atoms with Gasteiger partial charge in [0.05, 0.1) is 24.3 Å². The molecule has 0 spiro atoms. The van der Waals surface area contributed by atoms with E-state index in [1.54, 1.807) is 13.0 Å². The Bertz CT molecular complexity index is 611. The summed E-state index contributed by atoms with van der Waals surface area (Å²) in [5, 5.41) is 0. The summed E-state index contributed by atoms with van der Waals surface area (Å²) in [4.78, 5) is 11.5. The molecule has 0 fully saturated rings. The van der Waals surface area contributed by atoms with Gasteiger partial charge in [-0.25, -0.2) is 0 Å². The summed E-state index contributed by atoms with van der Waals surface area (Å²) in [5.74, 6) is 0.708. The molecule has 0 N–H and O–H groups in total. The number of halogens is 1. The number of carbonyl (C=O) groups excluding carboxylic acids is 1. The van der Waals surface area contributed by atoms with Gasteiger partial charge in [-0.3, -0.25) is 4.79 Å². The predicted octanol–water partition coefficient (Wildman–Crippen LogP) is 4.64. The van der Waals surface area contributed by atoms with Crippen molar-refractivity contribution in [1.82, 2.24) is 0 Å². The van der Waals surface area contributed by atoms with Crippen LogP contribution >= 0.6 is 15.9 Å². The molecule has 0 saturated heterocycles. The van der Waals surface area contributed by atoms with Crippen LogP contribution in [-0.2, 0) is 11.3 Å². The molecule has 2 rings (SSSR count). The lowest BCUT2D eigenvalue weighted by Crippen LogP contribution is -2.04. The summed E-state index contributed by atoms with van der Waals surface area (Å²) in [6.45, 7) is 3.35. The van der Waals surface area contributed by atoms with Crippen molar-refractivity contribution in [2.45, 2.75) is 20.0 Å². The third-order valence-electron chi connectivity index (χ3n) is 3.14. The Balaban J connectivity index is 1.71. The van der Waals surface area contributed by atoms with Crippen LogP contribution in [0.15, 0.2) is 53.0 Å². The Labute approximate surface area is 139 Å². The van der Waals surface area contributed by atoms with Crippen molar-refractivity contribution in [3.8, 4) is 5.75 Å². The molecule has 0 saturated carbocycles. The summed E-state index contributed by atoms with van der Waals surface area (Å²) >= 11 is 3.42. The van der Waals surface area contributed by atoms with E-state index in [1.165, 1.54) is 5.56 Å². The Morgan fingerprint density at radius 3 is 2.55 bits per heavy atom. The van der Waals surface area contributed by atoms with Crippen LogP contribution < -0.4 is 4.74 Å². The van der Waals surface area contributed by atoms with Crippen LogP contribution in [0.3, 0.4) is 0 Å². The van der Waals surface area contributed by atoms with E-state index >= 15 is 0 Å². The Morgan fingerprint density at radius 1 is 1.05 bits per heavy atom. The number of ketones is 1. The first-order valence-electron chi connectivity index (χ1n) is 7.22. The van der Waals surface area contributed by atoms with Crippen molar-refractivity contribution in [3.63, 3.8) is 0 Å². The Hall–Kier alpha value is -1.65. The average Bonchev–Trinajstić information content (AvgIpc) is 2.53. The standard InChI is InChI=1S/C18H19BrO3/c1-14(20)16-9-5-10-17(18(16)19)22-12-6-11-21-13-15-7-3-2-4-8-15/h2-5,7-10H,6,11-13H2,1H3. The zero-order valence-corrected chi connectivity index (χ0v) is 14.1. The lowest BCUT2D eigenvalue weighted by Gasteiger charge is -2.10. The van der Waals surface area contributed by atoms with E-state index in [4.69, 9.17) is 9.47 Å². The van der Waals surface area contributed by atoms with Gasteiger partial charge in [0.1, 0.15) is 5.75 Å². The smallest absolute Gasteiger partial charge is 0.161 e. The van der Waals surface area contributed by atoms with Crippen molar-refractivity contribution in [1.29, 1.82) is 0 Å². The number of rotatable bonds is 8. The second-order valence-corrected chi connectivity index (χ2v) is 5.71. The maximum absolute atomic E-state index is 11.5. The molecule has 0 amide bonds. The quantitative estimate of drug-likeness (QED) is 0.506. The summed E-state index contributed by atoms with van der Waals surface area (Å²) < 4.78 is 12.0. The highest BCUT2D eigenvalue weighted by Crippen LogP contribution is 2.29. The highest BCUT2D eigenvalue weighted by Gasteiger charge is 2.09. The molecule has 0 aliphatic carbocycles. The van der Waals surface area contributed by atoms with Crippen molar-refractivity contribution in [3.05, 3.63) is 64.1 Å². The van der Waals surface area contributed by atoms with Crippen molar-refractivity contribution in [2.24, 2.45) is 0 Å². The van der Waals surface area contributed by atoms with Gasteiger partial charge in [0.15, 0.2) is 5.78 Å². The minimum atomic E-state index is 0.0171. The Kier molecular flexibility index (Phi) is 6.62. The van der Waals surface area contributed by atoms with Gasteiger partial charge in [0.25, 0.3) is 0 Å². The molecular formula is C18H19BrO3. The molecule has 0 unspecified atom stereocenters. The Morgan fingerprint density at radius 2 is 1.82 bits per heavy atom. The third-order valence-corrected chi connectivity index (χ3v) is 3.96. The van der Waals surface area contributed by atoms with Gasteiger partial charge in [-0.05, 0) is 34.5 Å². The van der Waals surface area contributed by atoms with Crippen LogP contribution in [-0.4, -0.2) is 19.0 Å². The first-order valence-corrected chi connectivity index (χ1v) is 8.01. The number of hydrogen-bond acceptors (Lipinski definition) is 3. The average molecular weight is 363 g/mol. The van der Waals surface area contributed by atoms with Crippen LogP contribution in [0, 0.1) is 0 Å². The molecule has 0 aliphatic heterocycles. The molecule has 0 aliphatic rings. The highest BCUT2D eigenvalue weighted by molar-refractivity contribution is 9.10. The molecule has 3 nitrogen and oxygen atoms in total. The summed E-state index contributed by atoms with van der Waals surface area (Å²) in [5.41, 5.74) is 1.80. The van der Waals surface area contributed by atoms with Gasteiger partial charge in [0.2, 0.25) is 0 Å². The summed E-state index contributed by atoms with van der Waals surface area (Å²) in [7, 11) is 0. The van der Waals surface area contributed by atoms with Crippen LogP contribution in [0.1, 0.15) is 29.3 Å². The van der Waals surface area contributed by atoms with Crippen LogP contribution in [0.4, 0.5) is 0 Å². The van der Waals surface area contributed by atoms with E-state index in [9.17, 15) is 4.79 Å². The largest absolute Gasteiger partial charge is 0.492 e. The van der Waals surface area contributed by atoms with E-state index < -0.39 is 0 Å². The highest BCUT2D eigenvalue weighted by atomic mass is 79.9. The first kappa shape index (κ1) is 16.7. The zero-order chi connectivity index (χ0) is 15.8. The fourth-order valence-corrected chi connectivity index (χ4v) is 2.66. The SMILES string of the molecule is CC(=O)c1cccc(OCCCOCc2ccccc2)c1Br. The van der Waals surface area contributed by atoms with Gasteiger partial charge in [-0.2, -0.15) is 0 Å². The summed E-state index contributed by atoms with van der Waals surface area (Å²) in [6.07, 6.45) is 0.795. The predicted molar refractivity (Wildman–Crippen MR) is 90.4 cm³/mol. The summed E-state index contributed by atoms with van der Waals surface area (Å²) in [6, 6.07) is 15.5. The third kappa shape index (κ3) is 4.97. The lowest BCUT2D eigenvalue weighted by molar-refractivity contribution is 0.101. The van der Waals surface area contributed by atoms with Gasteiger partial charge in [0, 0.05) is 12.0 Å². The van der Waals surface area contributed by atoms with E-state index in [2.05, 4.69) is 15.9 Å². The van der Waals surface area contributed by atoms with Gasteiger partial charge in [-0.1, -0.05) is 42.5 Å². The first-order chi connectivity index (χ1) is 10.7. The second kappa shape index (κ2) is 8.71. The van der Waals surface area contributed by atoms with E-state index in [0.717, 1.165) is 6.42 Å². The zero-order valence-electron chi connectivity index (χ0n) is 12.5. The van der Waals surface area contributed by atoms with Crippen molar-refractivity contribution >= 4 is 21.7 Å². The molecule has 4 heteroatoms. The maximum atomic E-state index is 11.5. The number of carbonyl (C=O) groups is 1. The molecule has 0 radical (unpaired) electrons. The van der Waals surface area contributed by atoms with Crippen LogP contribution in [0.5, 0.6) is 5.75 Å². The van der Waals surface area contributed by atoms with Crippen molar-refractivity contribution in [2.75, 3.05) is 13.2 Å². The number of Topliss-reactive ketones (excluding diaryl/α,β-unsaturated/α-hetero) is 1. The van der Waals surface area contributed by atoms with E-state index in [1.807, 2.05) is 42.5 Å². The molecule has 2 aromatic rings. The minimum Gasteiger partial charge on any atom is -0.492 e. The lowest BCUT2D eigenvalue weighted by atomic mass is 10.1. The molecule has 0 atom stereocenters. The second-order valence-electron chi connectivity index (χ2n) is 4.91. The minimum absolute atomic E-state index is 0.0171. The van der Waals surface area contributed by atoms with Gasteiger partial charge in [-0.15, -0.1) is 0 Å². The van der Waals surface area contributed by atoms with Crippen LogP contribution in [0.25, 0.3) is 0 Å². The monoisotopic (exact) mass is 362 g/mol. The van der Waals surface area contributed by atoms with Gasteiger partial charge >= 0.3 is 0 Å². The van der Waals surface area contributed by atoms with E-state index in [-0.39, 0.29) is 5.78 Å². The molecule has 0 bridgehead atoms. The fourth-order valence-electron chi connectivity index (χ4n) is 2.00. The molecule has 0 aromatic heterocycles. The molecule has 116 valence electrons. The van der Waals surface area contributed by atoms with Gasteiger partial charge < -0.3 is 9.47 Å². The van der Waals surface area contributed by atoms with E-state index in [0.29, 0.717) is 35.6 Å². The molecular weight excluding hydrogens is 344 g/mol. The molecule has 22 heavy (non-hydrogen) atoms. The number of hydrogen-bond donors (Lipinski definition) is 0. The maximum Gasteiger partial charge on any atom is 0.161 e. The fraction of sp³-hybridized carbons (Fsp3) is 0.278. The molecule has 2 aromatic carbocycles. The normalized spacial score (nSPS) is 10.5. The molecule has 0 heterocycles. The number of benzene rings is 2. The van der Waals surface area contributed by atoms with Crippen LogP contribution in [0.2, 0.25) is 0 Å². The number of ether oxygens (including phenoxy) is 2. The topological polar surface area (TPSA) is 35.5 Å².